The highest BCUT2D eigenvalue weighted by Gasteiger charge is 2.09. The van der Waals surface area contributed by atoms with Gasteiger partial charge in [-0.2, -0.15) is 20.9 Å². The van der Waals surface area contributed by atoms with Crippen molar-refractivity contribution in [1.29, 1.82) is 0 Å². The molecule has 1 heterocycles. The molecule has 0 aromatic heterocycles. The van der Waals surface area contributed by atoms with Crippen LogP contribution in [0.3, 0.4) is 0 Å². The normalized spacial score (nSPS) is 13.6. The lowest BCUT2D eigenvalue weighted by atomic mass is 10.1. The number of benzene rings is 1. The molecule has 0 atom stereocenters. The third-order valence-corrected chi connectivity index (χ3v) is 3.99. The Bertz CT molecular complexity index is 525. The monoisotopic (exact) mass is 330 g/mol. The van der Waals surface area contributed by atoms with Crippen LogP contribution in [-0.4, -0.2) is 18.5 Å². The predicted molar refractivity (Wildman–Crippen MR) is 102 cm³/mol. The highest BCUT2D eigenvalue weighted by molar-refractivity contribution is 6.31. The molecule has 0 fully saturated rings. The molecule has 1 N–H and O–H groups in total. The van der Waals surface area contributed by atoms with Crippen LogP contribution in [0.25, 0.3) is 0 Å². The molecule has 24 heavy (non-hydrogen) atoms. The molecule has 0 saturated carbocycles. The number of hydrogen-bond acceptors (Lipinski definition) is 5. The van der Waals surface area contributed by atoms with Gasteiger partial charge in [-0.1, -0.05) is 46.0 Å². The molecule has 1 aromatic rings. The standard InChI is InChI=1S/C19H30N4O/c1-3-5-7-9-15-24-19-13-11-18(12-14-19)23-20-16-17(21-22-23)10-8-6-4-2/h11-14,16,22H,3-10,15H2,1-2H3. The lowest BCUT2D eigenvalue weighted by molar-refractivity contribution is 0.305. The number of unbranched alkanes of at least 4 members (excludes halogenated alkanes) is 5. The Morgan fingerprint density at radius 3 is 2.38 bits per heavy atom. The molecular weight excluding hydrogens is 300 g/mol. The van der Waals surface area contributed by atoms with Crippen LogP contribution in [0, 0.1) is 0 Å². The molecule has 0 aliphatic carbocycles. The molecule has 0 unspecified atom stereocenters. The van der Waals surface area contributed by atoms with Crippen molar-refractivity contribution < 1.29 is 4.74 Å². The van der Waals surface area contributed by atoms with Crippen LogP contribution >= 0.6 is 0 Å². The third-order valence-electron chi connectivity index (χ3n) is 3.99. The topological polar surface area (TPSA) is 49.2 Å². The Morgan fingerprint density at radius 2 is 1.71 bits per heavy atom. The van der Waals surface area contributed by atoms with Gasteiger partial charge in [-0.15, -0.1) is 0 Å². The van der Waals surface area contributed by atoms with Crippen LogP contribution in [0.5, 0.6) is 5.75 Å². The zero-order chi connectivity index (χ0) is 17.0. The molecule has 2 rings (SSSR count). The molecule has 132 valence electrons. The lowest BCUT2D eigenvalue weighted by Crippen LogP contribution is -2.34. The molecule has 1 aliphatic rings. The van der Waals surface area contributed by atoms with Gasteiger partial charge in [0.15, 0.2) is 0 Å². The maximum Gasteiger partial charge on any atom is 0.119 e. The van der Waals surface area contributed by atoms with E-state index in [4.69, 9.17) is 4.74 Å². The van der Waals surface area contributed by atoms with Crippen molar-refractivity contribution >= 4 is 17.6 Å². The molecule has 1 aromatic carbocycles. The number of nitrogens with zero attached hydrogens (tertiary/aromatic N) is 3. The van der Waals surface area contributed by atoms with Crippen molar-refractivity contribution in [1.82, 2.24) is 5.53 Å². The first-order valence-electron chi connectivity index (χ1n) is 9.22. The van der Waals surface area contributed by atoms with E-state index < -0.39 is 0 Å². The maximum atomic E-state index is 5.76. The second-order valence-electron chi connectivity index (χ2n) is 6.12. The van der Waals surface area contributed by atoms with Crippen LogP contribution in [-0.2, 0) is 0 Å². The average molecular weight is 330 g/mol. The first kappa shape index (κ1) is 18.3. The summed E-state index contributed by atoms with van der Waals surface area (Å²) < 4.78 is 5.76. The van der Waals surface area contributed by atoms with E-state index in [1.807, 2.05) is 30.5 Å². The molecule has 5 nitrogen and oxygen atoms in total. The number of hydrazine groups is 1. The summed E-state index contributed by atoms with van der Waals surface area (Å²) in [6, 6.07) is 7.94. The first-order valence-corrected chi connectivity index (χ1v) is 9.22. The summed E-state index contributed by atoms with van der Waals surface area (Å²) in [4.78, 5) is 0. The largest absolute Gasteiger partial charge is 0.494 e. The van der Waals surface area contributed by atoms with E-state index in [1.54, 1.807) is 5.12 Å². The van der Waals surface area contributed by atoms with Crippen LogP contribution in [0.1, 0.15) is 65.2 Å². The van der Waals surface area contributed by atoms with Gasteiger partial charge in [-0.3, -0.25) is 0 Å². The minimum atomic E-state index is 0.783. The van der Waals surface area contributed by atoms with Crippen LogP contribution < -0.4 is 15.4 Å². The summed E-state index contributed by atoms with van der Waals surface area (Å²) in [5.74, 6) is 0.903. The van der Waals surface area contributed by atoms with E-state index >= 15 is 0 Å². The number of hydrogen-bond donors (Lipinski definition) is 1. The van der Waals surface area contributed by atoms with Gasteiger partial charge in [-0.25, -0.2) is 0 Å². The van der Waals surface area contributed by atoms with Gasteiger partial charge in [0.05, 0.1) is 24.2 Å². The number of nitrogens with one attached hydrogen (secondary N) is 1. The second-order valence-corrected chi connectivity index (χ2v) is 6.12. The summed E-state index contributed by atoms with van der Waals surface area (Å²) in [5, 5.41) is 10.5. The SMILES string of the molecule is CCCCCCOc1ccc(N2N=CC(CCCCC)=NN2)cc1. The summed E-state index contributed by atoms with van der Waals surface area (Å²) >= 11 is 0. The number of hydrazone groups is 2. The van der Waals surface area contributed by atoms with Crippen molar-refractivity contribution in [2.24, 2.45) is 10.2 Å². The van der Waals surface area contributed by atoms with E-state index in [1.165, 1.54) is 32.1 Å². The van der Waals surface area contributed by atoms with Crippen LogP contribution in [0.2, 0.25) is 0 Å². The molecule has 1 aliphatic heterocycles. The van der Waals surface area contributed by atoms with Crippen molar-refractivity contribution in [3.8, 4) is 5.75 Å². The Morgan fingerprint density at radius 1 is 0.958 bits per heavy atom. The van der Waals surface area contributed by atoms with Crippen LogP contribution in [0.4, 0.5) is 5.69 Å². The molecule has 0 radical (unpaired) electrons. The lowest BCUT2D eigenvalue weighted by Gasteiger charge is -2.21. The maximum absolute atomic E-state index is 5.76. The molecule has 0 spiro atoms. The van der Waals surface area contributed by atoms with Crippen molar-refractivity contribution in [3.05, 3.63) is 24.3 Å². The smallest absolute Gasteiger partial charge is 0.119 e. The number of rotatable bonds is 11. The van der Waals surface area contributed by atoms with E-state index in [0.29, 0.717) is 0 Å². The summed E-state index contributed by atoms with van der Waals surface area (Å²) in [6.07, 6.45) is 11.3. The van der Waals surface area contributed by atoms with Gasteiger partial charge >= 0.3 is 0 Å². The quantitative estimate of drug-likeness (QED) is 0.588. The fourth-order valence-corrected chi connectivity index (χ4v) is 2.49. The van der Waals surface area contributed by atoms with Gasteiger partial charge in [-0.05, 0) is 43.5 Å². The molecule has 0 amide bonds. The molecular formula is C19H30N4O. The summed E-state index contributed by atoms with van der Waals surface area (Å²) in [5.41, 5.74) is 4.93. The zero-order valence-electron chi connectivity index (χ0n) is 15.0. The average Bonchev–Trinajstić information content (AvgIpc) is 2.63. The highest BCUT2D eigenvalue weighted by Crippen LogP contribution is 2.19. The molecule has 0 bridgehead atoms. The van der Waals surface area contributed by atoms with Gasteiger partial charge < -0.3 is 4.74 Å². The Kier molecular flexibility index (Phi) is 8.15. The highest BCUT2D eigenvalue weighted by atomic mass is 16.5. The minimum absolute atomic E-state index is 0.783. The first-order chi connectivity index (χ1) is 11.8. The summed E-state index contributed by atoms with van der Waals surface area (Å²) in [7, 11) is 0. The minimum Gasteiger partial charge on any atom is -0.494 e. The van der Waals surface area contributed by atoms with E-state index in [-0.39, 0.29) is 0 Å². The van der Waals surface area contributed by atoms with Crippen molar-refractivity contribution in [2.45, 2.75) is 65.2 Å². The van der Waals surface area contributed by atoms with Crippen molar-refractivity contribution in [2.75, 3.05) is 11.7 Å². The third kappa shape index (κ3) is 6.22. The number of ether oxygens (including phenoxy) is 1. The second kappa shape index (κ2) is 10.7. The predicted octanol–water partition coefficient (Wildman–Crippen LogP) is 4.89. The summed E-state index contributed by atoms with van der Waals surface area (Å²) in [6.45, 7) is 5.20. The van der Waals surface area contributed by atoms with Gasteiger partial charge in [0.25, 0.3) is 0 Å². The Balaban J connectivity index is 1.75. The zero-order valence-corrected chi connectivity index (χ0v) is 15.0. The van der Waals surface area contributed by atoms with Gasteiger partial charge in [0.2, 0.25) is 0 Å². The van der Waals surface area contributed by atoms with E-state index in [0.717, 1.165) is 43.0 Å². The van der Waals surface area contributed by atoms with Gasteiger partial charge in [0.1, 0.15) is 5.75 Å². The molecule has 5 heteroatoms. The Hall–Kier alpha value is -2.04. The van der Waals surface area contributed by atoms with E-state index in [9.17, 15) is 0 Å². The van der Waals surface area contributed by atoms with Crippen LogP contribution in [0.15, 0.2) is 34.5 Å². The molecule has 0 saturated heterocycles. The van der Waals surface area contributed by atoms with Crippen molar-refractivity contribution in [3.63, 3.8) is 0 Å². The number of anilines is 1. The van der Waals surface area contributed by atoms with Gasteiger partial charge in [0, 0.05) is 0 Å². The Labute approximate surface area is 145 Å². The van der Waals surface area contributed by atoms with E-state index in [2.05, 4.69) is 29.6 Å². The fraction of sp³-hybridized carbons (Fsp3) is 0.579. The fourth-order valence-electron chi connectivity index (χ4n) is 2.49.